The maximum atomic E-state index is 11.7. The summed E-state index contributed by atoms with van der Waals surface area (Å²) in [5.41, 5.74) is 0. The van der Waals surface area contributed by atoms with Gasteiger partial charge in [-0.05, 0) is 19.8 Å². The zero-order valence-corrected chi connectivity index (χ0v) is 45.4. The zero-order chi connectivity index (χ0) is 61.4. The van der Waals surface area contributed by atoms with Gasteiger partial charge in [-0.3, -0.25) is 4.55 Å². The van der Waals surface area contributed by atoms with E-state index in [0.717, 1.165) is 0 Å². The van der Waals surface area contributed by atoms with E-state index in [9.17, 15) is 105 Å². The molecule has 0 aromatic rings. The summed E-state index contributed by atoms with van der Waals surface area (Å²) in [5, 5.41) is 212. The number of rotatable bonds is 12. The van der Waals surface area contributed by atoms with Crippen LogP contribution in [-0.4, -0.2) is 377 Å². The smallest absolute Gasteiger partial charge is 0.264 e. The lowest BCUT2D eigenvalue weighted by atomic mass is 9.95. The van der Waals surface area contributed by atoms with E-state index in [1.807, 2.05) is 0 Å². The Morgan fingerprint density at radius 3 is 0.798 bits per heavy atom. The van der Waals surface area contributed by atoms with Crippen molar-refractivity contribution >= 4 is 10.1 Å². The fourth-order valence-corrected chi connectivity index (χ4v) is 11.6. The van der Waals surface area contributed by atoms with Crippen molar-refractivity contribution < 1.29 is 181 Å². The highest BCUT2D eigenvalue weighted by atomic mass is 32.2. The second kappa shape index (κ2) is 29.2. The fourth-order valence-electron chi connectivity index (χ4n) is 11.1. The lowest BCUT2D eigenvalue weighted by Crippen LogP contribution is -2.68. The standard InChI is InChI=1S/C46H78O37S/c1-12-33-19(52)26(59)40(70-12)78-34-13(6-47)71-41(27(60)20(34)53)79-35-14(7-48)72-42(28(61)21(35)54)80-36-15(8-49)73-43(29(62)22(36)55)81-37-16(9-50)74-44(30(63)23(37)56)82-38-17(10-51)75-45(31(64)24(38)57)83-39-18(76-46(77-33)32(65)25(39)58)11-69-4-2-3-5-84(66,67)68/h12-65H,2-11H2,1H3,(H,66,67,68). The minimum Gasteiger partial charge on any atom is -0.394 e. The van der Waals surface area contributed by atoms with E-state index in [1.54, 1.807) is 0 Å². The third kappa shape index (κ3) is 14.6. The van der Waals surface area contributed by atoms with Crippen molar-refractivity contribution in [2.75, 3.05) is 52.0 Å². The zero-order valence-electron chi connectivity index (χ0n) is 44.6. The number of aliphatic hydroxyl groups excluding tert-OH is 19. The SMILES string of the molecule is CC1OC2OC3C(CO)OC(OC4C(CO)OC(OC5C(CO)OC(OC6C(CO)OC(OC7C(CO)OC(OC8C(COCCCCS(=O)(=O)O)OC(OC1C(O)C2O)C(O)C8O)C(O)C7O)C(O)C6O)C(O)C5O)C(O)C4O)C(O)C3O. The molecule has 35 atom stereocenters. The van der Waals surface area contributed by atoms with Gasteiger partial charge in [0.25, 0.3) is 10.1 Å². The second-order valence-electron chi connectivity index (χ2n) is 21.5. The van der Waals surface area contributed by atoms with Crippen LogP contribution in [0.25, 0.3) is 0 Å². The molecule has 37 nitrogen and oxygen atoms in total. The van der Waals surface area contributed by atoms with Crippen LogP contribution < -0.4 is 0 Å². The molecule has 14 bridgehead atoms. The first-order chi connectivity index (χ1) is 39.8. The molecule has 0 amide bonds. The Labute approximate surface area is 477 Å². The maximum Gasteiger partial charge on any atom is 0.264 e. The highest BCUT2D eigenvalue weighted by Crippen LogP contribution is 2.39. The van der Waals surface area contributed by atoms with Crippen LogP contribution in [0.5, 0.6) is 0 Å². The molecule has 84 heavy (non-hydrogen) atoms. The van der Waals surface area contributed by atoms with Gasteiger partial charge in [0.15, 0.2) is 44.0 Å². The molecule has 21 rings (SSSR count). The Bertz CT molecular complexity index is 2140. The third-order valence-electron chi connectivity index (χ3n) is 15.8. The normalized spacial score (nSPS) is 51.9. The van der Waals surface area contributed by atoms with Crippen molar-refractivity contribution in [2.24, 2.45) is 0 Å². The molecule has 21 aliphatic heterocycles. The molecule has 0 spiro atoms. The van der Waals surface area contributed by atoms with Crippen LogP contribution in [0.4, 0.5) is 0 Å². The van der Waals surface area contributed by atoms with Gasteiger partial charge in [-0.25, -0.2) is 0 Å². The Hall–Kier alpha value is -1.45. The van der Waals surface area contributed by atoms with Crippen molar-refractivity contribution in [2.45, 2.75) is 235 Å². The molecule has 0 aromatic heterocycles. The Morgan fingerprint density at radius 1 is 0.310 bits per heavy atom. The molecule has 21 aliphatic rings. The summed E-state index contributed by atoms with van der Waals surface area (Å²) in [5.74, 6) is -0.629. The molecular formula is C46H78O37S. The Balaban J connectivity index is 1.08. The highest BCUT2D eigenvalue weighted by Gasteiger charge is 2.59. The molecule has 0 aliphatic carbocycles. The quantitative estimate of drug-likeness (QED) is 0.0637. The summed E-state index contributed by atoms with van der Waals surface area (Å²) in [4.78, 5) is 0. The van der Waals surface area contributed by atoms with Gasteiger partial charge in [0.05, 0.1) is 51.5 Å². The van der Waals surface area contributed by atoms with Gasteiger partial charge in [0, 0.05) is 6.61 Å². The fraction of sp³-hybridized carbons (Fsp3) is 1.00. The van der Waals surface area contributed by atoms with Crippen LogP contribution in [0.3, 0.4) is 0 Å². The van der Waals surface area contributed by atoms with E-state index in [4.69, 9.17) is 75.6 Å². The summed E-state index contributed by atoms with van der Waals surface area (Å²) in [6.45, 7) is -4.79. The molecule has 490 valence electrons. The number of ether oxygens (including phenoxy) is 15. The topological polar surface area (TPSA) is 577 Å². The largest absolute Gasteiger partial charge is 0.394 e. The predicted molar refractivity (Wildman–Crippen MR) is 256 cm³/mol. The van der Waals surface area contributed by atoms with Crippen LogP contribution in [0.2, 0.25) is 0 Å². The van der Waals surface area contributed by atoms with Gasteiger partial charge in [-0.15, -0.1) is 0 Å². The summed E-state index contributed by atoms with van der Waals surface area (Å²) in [6, 6.07) is 0. The number of unbranched alkanes of at least 4 members (excludes halogenated alkanes) is 1. The molecule has 0 aromatic carbocycles. The van der Waals surface area contributed by atoms with E-state index >= 15 is 0 Å². The van der Waals surface area contributed by atoms with Crippen LogP contribution >= 0.6 is 0 Å². The van der Waals surface area contributed by atoms with Crippen molar-refractivity contribution in [1.29, 1.82) is 0 Å². The van der Waals surface area contributed by atoms with Crippen LogP contribution in [0.1, 0.15) is 19.8 Å². The summed E-state index contributed by atoms with van der Waals surface area (Å²) in [7, 11) is -4.35. The van der Waals surface area contributed by atoms with Crippen molar-refractivity contribution in [3.8, 4) is 0 Å². The van der Waals surface area contributed by atoms with E-state index in [2.05, 4.69) is 0 Å². The molecular weight excluding hydrogens is 1180 g/mol. The van der Waals surface area contributed by atoms with Gasteiger partial charge in [-0.2, -0.15) is 8.42 Å². The van der Waals surface area contributed by atoms with Gasteiger partial charge < -0.3 is 168 Å². The molecule has 0 saturated carbocycles. The average Bonchev–Trinajstić information content (AvgIpc) is 3.14. The summed E-state index contributed by atoms with van der Waals surface area (Å²) >= 11 is 0. The first-order valence-corrected chi connectivity index (χ1v) is 28.6. The third-order valence-corrected chi connectivity index (χ3v) is 16.6. The highest BCUT2D eigenvalue weighted by molar-refractivity contribution is 7.85. The molecule has 20 N–H and O–H groups in total. The van der Waals surface area contributed by atoms with E-state index in [0.29, 0.717) is 0 Å². The van der Waals surface area contributed by atoms with Crippen molar-refractivity contribution in [3.05, 3.63) is 0 Å². The minimum atomic E-state index is -4.35. The predicted octanol–water partition coefficient (Wildman–Crippen LogP) is -13.5. The van der Waals surface area contributed by atoms with Crippen molar-refractivity contribution in [1.82, 2.24) is 0 Å². The molecule has 21 heterocycles. The van der Waals surface area contributed by atoms with E-state index in [1.165, 1.54) is 6.92 Å². The molecule has 38 heteroatoms. The molecule has 21 fully saturated rings. The van der Waals surface area contributed by atoms with Gasteiger partial charge in [0.2, 0.25) is 0 Å². The van der Waals surface area contributed by atoms with Gasteiger partial charge >= 0.3 is 0 Å². The summed E-state index contributed by atoms with van der Waals surface area (Å²) < 4.78 is 118. The van der Waals surface area contributed by atoms with Gasteiger partial charge in [0.1, 0.15) is 165 Å². The first kappa shape index (κ1) is 68.5. The van der Waals surface area contributed by atoms with E-state index in [-0.39, 0.29) is 19.4 Å². The monoisotopic (exact) mass is 1250 g/mol. The molecule has 0 radical (unpaired) electrons. The van der Waals surface area contributed by atoms with Crippen LogP contribution in [0.15, 0.2) is 0 Å². The number of hydrogen-bond donors (Lipinski definition) is 20. The van der Waals surface area contributed by atoms with Crippen molar-refractivity contribution in [3.63, 3.8) is 0 Å². The number of aliphatic hydroxyl groups is 19. The molecule has 35 unspecified atom stereocenters. The summed E-state index contributed by atoms with van der Waals surface area (Å²) in [6.07, 6.45) is -69.3. The average molecular weight is 1260 g/mol. The Morgan fingerprint density at radius 2 is 0.536 bits per heavy atom. The lowest BCUT2D eigenvalue weighted by molar-refractivity contribution is -0.396. The Kier molecular flexibility index (Phi) is 23.8. The molecule has 21 saturated heterocycles. The first-order valence-electron chi connectivity index (χ1n) is 27.0. The second-order valence-corrected chi connectivity index (χ2v) is 23.1. The van der Waals surface area contributed by atoms with Crippen LogP contribution in [-0.2, 0) is 81.2 Å². The van der Waals surface area contributed by atoms with E-state index < -0.39 is 270 Å². The van der Waals surface area contributed by atoms with Gasteiger partial charge in [-0.1, -0.05) is 0 Å². The lowest BCUT2D eigenvalue weighted by Gasteiger charge is -2.50. The number of hydrogen-bond acceptors (Lipinski definition) is 36. The van der Waals surface area contributed by atoms with Crippen LogP contribution in [0, 0.1) is 0 Å². The minimum absolute atomic E-state index is 0.0308. The maximum absolute atomic E-state index is 11.7.